The molecule has 4 nitrogen and oxygen atoms in total. The Labute approximate surface area is 113 Å². The molecule has 0 aliphatic carbocycles. The SMILES string of the molecule is CC(O)c1ccc(NCc2ccc[n+](C)c2)cc1O. The normalized spacial score (nSPS) is 12.2. The van der Waals surface area contributed by atoms with Crippen molar-refractivity contribution in [2.45, 2.75) is 19.6 Å². The number of benzene rings is 1. The molecule has 0 saturated carbocycles. The molecule has 0 radical (unpaired) electrons. The number of aromatic hydroxyl groups is 1. The van der Waals surface area contributed by atoms with Gasteiger partial charge in [-0.2, -0.15) is 0 Å². The van der Waals surface area contributed by atoms with E-state index in [0.717, 1.165) is 11.3 Å². The van der Waals surface area contributed by atoms with Crippen LogP contribution in [0.5, 0.6) is 5.75 Å². The predicted molar refractivity (Wildman–Crippen MR) is 73.7 cm³/mol. The summed E-state index contributed by atoms with van der Waals surface area (Å²) in [6, 6.07) is 9.24. The van der Waals surface area contributed by atoms with Crippen LogP contribution in [-0.4, -0.2) is 10.2 Å². The standard InChI is InChI=1S/C15H18N2O2/c1-11(18)14-6-5-13(8-15(14)19)16-9-12-4-3-7-17(2)10-12/h3-8,10-11,16,18H,9H2,1-2H3/p+1. The molecule has 0 spiro atoms. The van der Waals surface area contributed by atoms with Crippen LogP contribution in [0.2, 0.25) is 0 Å². The summed E-state index contributed by atoms with van der Waals surface area (Å²) < 4.78 is 1.99. The fourth-order valence-electron chi connectivity index (χ4n) is 1.97. The zero-order chi connectivity index (χ0) is 13.8. The molecule has 2 rings (SSSR count). The largest absolute Gasteiger partial charge is 0.507 e. The number of phenolic OH excluding ortho intramolecular Hbond substituents is 1. The van der Waals surface area contributed by atoms with Crippen molar-refractivity contribution in [1.29, 1.82) is 0 Å². The van der Waals surface area contributed by atoms with Gasteiger partial charge in [0.1, 0.15) is 12.8 Å². The van der Waals surface area contributed by atoms with Crippen LogP contribution < -0.4 is 9.88 Å². The van der Waals surface area contributed by atoms with Gasteiger partial charge in [-0.1, -0.05) is 6.07 Å². The van der Waals surface area contributed by atoms with Crippen molar-refractivity contribution < 1.29 is 14.8 Å². The maximum Gasteiger partial charge on any atom is 0.173 e. The van der Waals surface area contributed by atoms with Crippen LogP contribution in [0.3, 0.4) is 0 Å². The van der Waals surface area contributed by atoms with E-state index in [-0.39, 0.29) is 5.75 Å². The van der Waals surface area contributed by atoms with Gasteiger partial charge in [-0.05, 0) is 19.1 Å². The molecule has 0 bridgehead atoms. The number of aromatic nitrogens is 1. The Bertz CT molecular complexity index is 568. The number of nitrogens with zero attached hydrogens (tertiary/aromatic N) is 1. The first-order valence-corrected chi connectivity index (χ1v) is 6.25. The van der Waals surface area contributed by atoms with E-state index in [0.29, 0.717) is 12.1 Å². The number of aliphatic hydroxyl groups is 1. The number of pyridine rings is 1. The topological polar surface area (TPSA) is 56.4 Å². The van der Waals surface area contributed by atoms with E-state index < -0.39 is 6.10 Å². The van der Waals surface area contributed by atoms with Gasteiger partial charge in [0, 0.05) is 35.5 Å². The number of aliphatic hydroxyl groups excluding tert-OH is 1. The smallest absolute Gasteiger partial charge is 0.173 e. The molecular weight excluding hydrogens is 240 g/mol. The van der Waals surface area contributed by atoms with E-state index in [9.17, 15) is 10.2 Å². The molecule has 1 atom stereocenters. The van der Waals surface area contributed by atoms with Crippen LogP contribution in [0.25, 0.3) is 0 Å². The minimum atomic E-state index is -0.665. The number of hydrogen-bond acceptors (Lipinski definition) is 3. The summed E-state index contributed by atoms with van der Waals surface area (Å²) in [7, 11) is 1.98. The Morgan fingerprint density at radius 3 is 2.74 bits per heavy atom. The predicted octanol–water partition coefficient (Wildman–Crippen LogP) is 1.88. The number of anilines is 1. The second-order valence-corrected chi connectivity index (χ2v) is 4.68. The summed E-state index contributed by atoms with van der Waals surface area (Å²) in [6.45, 7) is 2.31. The quantitative estimate of drug-likeness (QED) is 0.735. The Kier molecular flexibility index (Phi) is 4.02. The van der Waals surface area contributed by atoms with Crippen molar-refractivity contribution in [1.82, 2.24) is 0 Å². The molecule has 0 saturated heterocycles. The number of hydrogen-bond donors (Lipinski definition) is 3. The highest BCUT2D eigenvalue weighted by atomic mass is 16.3. The molecule has 100 valence electrons. The lowest BCUT2D eigenvalue weighted by Gasteiger charge is -2.11. The first kappa shape index (κ1) is 13.4. The summed E-state index contributed by atoms with van der Waals surface area (Å²) >= 11 is 0. The van der Waals surface area contributed by atoms with Gasteiger partial charge in [-0.3, -0.25) is 0 Å². The molecule has 1 aromatic carbocycles. The van der Waals surface area contributed by atoms with E-state index >= 15 is 0 Å². The van der Waals surface area contributed by atoms with Crippen LogP contribution in [0, 0.1) is 0 Å². The van der Waals surface area contributed by atoms with E-state index in [1.807, 2.05) is 42.2 Å². The Morgan fingerprint density at radius 2 is 2.11 bits per heavy atom. The van der Waals surface area contributed by atoms with Gasteiger partial charge in [-0.25, -0.2) is 4.57 Å². The maximum absolute atomic E-state index is 9.80. The third-order valence-electron chi connectivity index (χ3n) is 2.98. The second-order valence-electron chi connectivity index (χ2n) is 4.68. The van der Waals surface area contributed by atoms with Gasteiger partial charge in [0.15, 0.2) is 12.4 Å². The number of nitrogens with one attached hydrogen (secondary N) is 1. The third-order valence-corrected chi connectivity index (χ3v) is 2.98. The molecule has 0 fully saturated rings. The molecule has 4 heteroatoms. The average Bonchev–Trinajstić information content (AvgIpc) is 2.36. The lowest BCUT2D eigenvalue weighted by atomic mass is 10.1. The van der Waals surface area contributed by atoms with Crippen molar-refractivity contribution in [3.63, 3.8) is 0 Å². The molecular formula is C15H19N2O2+. The minimum absolute atomic E-state index is 0.110. The number of phenols is 1. The summed E-state index contributed by atoms with van der Waals surface area (Å²) in [5.41, 5.74) is 2.52. The molecule has 3 N–H and O–H groups in total. The Balaban J connectivity index is 2.06. The molecule has 0 amide bonds. The molecule has 19 heavy (non-hydrogen) atoms. The summed E-state index contributed by atoms with van der Waals surface area (Å²) in [5, 5.41) is 22.5. The first-order chi connectivity index (χ1) is 9.06. The summed E-state index contributed by atoms with van der Waals surface area (Å²) in [6.07, 6.45) is 3.35. The summed E-state index contributed by atoms with van der Waals surface area (Å²) in [4.78, 5) is 0. The van der Waals surface area contributed by atoms with Crippen molar-refractivity contribution in [2.75, 3.05) is 5.32 Å². The average molecular weight is 259 g/mol. The van der Waals surface area contributed by atoms with Crippen molar-refractivity contribution in [2.24, 2.45) is 7.05 Å². The van der Waals surface area contributed by atoms with Crippen LogP contribution >= 0.6 is 0 Å². The molecule has 2 aromatic rings. The lowest BCUT2D eigenvalue weighted by molar-refractivity contribution is -0.671. The van der Waals surface area contributed by atoms with Gasteiger partial charge in [0.25, 0.3) is 0 Å². The van der Waals surface area contributed by atoms with Crippen LogP contribution in [0.1, 0.15) is 24.2 Å². The highest BCUT2D eigenvalue weighted by Gasteiger charge is 2.07. The first-order valence-electron chi connectivity index (χ1n) is 6.25. The maximum atomic E-state index is 9.80. The van der Waals surface area contributed by atoms with Gasteiger partial charge in [0.2, 0.25) is 0 Å². The molecule has 1 heterocycles. The van der Waals surface area contributed by atoms with E-state index in [1.165, 1.54) is 0 Å². The van der Waals surface area contributed by atoms with Gasteiger partial charge >= 0.3 is 0 Å². The highest BCUT2D eigenvalue weighted by Crippen LogP contribution is 2.27. The number of rotatable bonds is 4. The summed E-state index contributed by atoms with van der Waals surface area (Å²) in [5.74, 6) is 0.110. The van der Waals surface area contributed by atoms with Gasteiger partial charge in [-0.15, -0.1) is 0 Å². The van der Waals surface area contributed by atoms with Gasteiger partial charge < -0.3 is 15.5 Å². The van der Waals surface area contributed by atoms with Gasteiger partial charge in [0.05, 0.1) is 6.10 Å². The van der Waals surface area contributed by atoms with E-state index in [4.69, 9.17) is 0 Å². The van der Waals surface area contributed by atoms with E-state index in [2.05, 4.69) is 5.32 Å². The Hall–Kier alpha value is -2.07. The minimum Gasteiger partial charge on any atom is -0.507 e. The zero-order valence-corrected chi connectivity index (χ0v) is 11.2. The third kappa shape index (κ3) is 3.45. The Morgan fingerprint density at radius 1 is 1.32 bits per heavy atom. The van der Waals surface area contributed by atoms with E-state index in [1.54, 1.807) is 19.1 Å². The molecule has 0 aliphatic heterocycles. The monoisotopic (exact) mass is 259 g/mol. The van der Waals surface area contributed by atoms with Crippen molar-refractivity contribution >= 4 is 5.69 Å². The fraction of sp³-hybridized carbons (Fsp3) is 0.267. The second kappa shape index (κ2) is 5.71. The molecule has 1 unspecified atom stereocenters. The zero-order valence-electron chi connectivity index (χ0n) is 11.2. The van der Waals surface area contributed by atoms with Crippen LogP contribution in [0.4, 0.5) is 5.69 Å². The lowest BCUT2D eigenvalue weighted by Crippen LogP contribution is -2.27. The van der Waals surface area contributed by atoms with Crippen molar-refractivity contribution in [3.05, 3.63) is 53.9 Å². The van der Waals surface area contributed by atoms with Crippen LogP contribution in [0.15, 0.2) is 42.7 Å². The highest BCUT2D eigenvalue weighted by molar-refractivity contribution is 5.52. The van der Waals surface area contributed by atoms with Crippen LogP contribution in [-0.2, 0) is 13.6 Å². The molecule has 1 aromatic heterocycles. The number of aryl methyl sites for hydroxylation is 1. The van der Waals surface area contributed by atoms with Crippen molar-refractivity contribution in [3.8, 4) is 5.75 Å². The molecule has 0 aliphatic rings. The fourth-order valence-corrected chi connectivity index (χ4v) is 1.97.